The van der Waals surface area contributed by atoms with Crippen LogP contribution in [0.1, 0.15) is 36.5 Å². The molecule has 0 aromatic heterocycles. The average Bonchev–Trinajstić information content (AvgIpc) is 3.21. The van der Waals surface area contributed by atoms with Gasteiger partial charge in [0.2, 0.25) is 5.91 Å². The smallest absolute Gasteiger partial charge is 0.261 e. The lowest BCUT2D eigenvalue weighted by Gasteiger charge is -2.24. The van der Waals surface area contributed by atoms with E-state index in [1.54, 1.807) is 35.2 Å². The van der Waals surface area contributed by atoms with Crippen LogP contribution in [-0.2, 0) is 14.8 Å². The maximum absolute atomic E-state index is 13.0. The number of hydrogen-bond acceptors (Lipinski definition) is 4. The summed E-state index contributed by atoms with van der Waals surface area (Å²) in [4.78, 5) is 27.1. The molecule has 0 saturated carbocycles. The zero-order chi connectivity index (χ0) is 21.7. The van der Waals surface area contributed by atoms with E-state index in [1.807, 2.05) is 6.92 Å². The van der Waals surface area contributed by atoms with Crippen LogP contribution in [-0.4, -0.2) is 44.3 Å². The van der Waals surface area contributed by atoms with Crippen molar-refractivity contribution in [3.8, 4) is 0 Å². The highest BCUT2D eigenvalue weighted by molar-refractivity contribution is 9.10. The number of amides is 2. The number of carbonyl (C=O) groups excluding carboxylic acids is 2. The van der Waals surface area contributed by atoms with E-state index in [0.717, 1.165) is 17.3 Å². The van der Waals surface area contributed by atoms with Gasteiger partial charge in [-0.15, -0.1) is 0 Å². The van der Waals surface area contributed by atoms with Crippen LogP contribution in [0, 0.1) is 0 Å². The molecule has 9 heteroatoms. The largest absolute Gasteiger partial charge is 0.354 e. The molecule has 1 saturated heterocycles. The molecule has 1 aliphatic heterocycles. The Hall–Kier alpha value is -2.39. The van der Waals surface area contributed by atoms with E-state index in [2.05, 4.69) is 26.0 Å². The minimum atomic E-state index is -3.79. The van der Waals surface area contributed by atoms with Crippen molar-refractivity contribution in [2.24, 2.45) is 0 Å². The van der Waals surface area contributed by atoms with Gasteiger partial charge in [-0.25, -0.2) is 8.42 Å². The number of hydrogen-bond donors (Lipinski definition) is 2. The number of rotatable bonds is 7. The van der Waals surface area contributed by atoms with Crippen molar-refractivity contribution in [1.29, 1.82) is 0 Å². The zero-order valence-electron chi connectivity index (χ0n) is 16.6. The molecule has 2 N–H and O–H groups in total. The second kappa shape index (κ2) is 9.61. The van der Waals surface area contributed by atoms with Gasteiger partial charge in [-0.05, 0) is 61.7 Å². The van der Waals surface area contributed by atoms with Crippen LogP contribution in [0.2, 0.25) is 0 Å². The minimum absolute atomic E-state index is 0.120. The van der Waals surface area contributed by atoms with E-state index in [-0.39, 0.29) is 22.4 Å². The van der Waals surface area contributed by atoms with Crippen molar-refractivity contribution >= 4 is 43.5 Å². The summed E-state index contributed by atoms with van der Waals surface area (Å²) in [6.45, 7) is 3.04. The van der Waals surface area contributed by atoms with Crippen LogP contribution in [0.5, 0.6) is 0 Å². The molecule has 160 valence electrons. The lowest BCUT2D eigenvalue weighted by atomic mass is 10.1. The highest BCUT2D eigenvalue weighted by atomic mass is 79.9. The predicted molar refractivity (Wildman–Crippen MR) is 119 cm³/mol. The quantitative estimate of drug-likeness (QED) is 0.617. The summed E-state index contributed by atoms with van der Waals surface area (Å²) in [5.41, 5.74) is 0.621. The highest BCUT2D eigenvalue weighted by Crippen LogP contribution is 2.23. The van der Waals surface area contributed by atoms with Crippen molar-refractivity contribution < 1.29 is 18.0 Å². The summed E-state index contributed by atoms with van der Waals surface area (Å²) >= 11 is 3.28. The Balaban J connectivity index is 1.77. The van der Waals surface area contributed by atoms with Gasteiger partial charge < -0.3 is 10.2 Å². The van der Waals surface area contributed by atoms with Crippen LogP contribution >= 0.6 is 15.9 Å². The zero-order valence-corrected chi connectivity index (χ0v) is 19.0. The number of likely N-dealkylation sites (tertiary alicyclic amines) is 1. The number of nitrogens with one attached hydrogen (secondary N) is 2. The monoisotopic (exact) mass is 493 g/mol. The SMILES string of the molecule is CCCNC(=O)C1CCCN1C(=O)c1cccc(NS(=O)(=O)c2ccc(Br)cc2)c1. The van der Waals surface area contributed by atoms with Gasteiger partial charge in [0.25, 0.3) is 15.9 Å². The van der Waals surface area contributed by atoms with Gasteiger partial charge in [0.15, 0.2) is 0 Å². The van der Waals surface area contributed by atoms with E-state index in [4.69, 9.17) is 0 Å². The Labute approximate surface area is 185 Å². The van der Waals surface area contributed by atoms with Gasteiger partial charge in [-0.3, -0.25) is 14.3 Å². The first-order valence-electron chi connectivity index (χ1n) is 9.79. The number of nitrogens with zero attached hydrogens (tertiary/aromatic N) is 1. The number of benzene rings is 2. The Morgan fingerprint density at radius 1 is 1.17 bits per heavy atom. The van der Waals surface area contributed by atoms with Crippen LogP contribution in [0.3, 0.4) is 0 Å². The van der Waals surface area contributed by atoms with E-state index < -0.39 is 16.1 Å². The molecule has 7 nitrogen and oxygen atoms in total. The van der Waals surface area contributed by atoms with Gasteiger partial charge >= 0.3 is 0 Å². The Kier molecular flexibility index (Phi) is 7.14. The number of sulfonamides is 1. The third-order valence-corrected chi connectivity index (χ3v) is 6.78. The Morgan fingerprint density at radius 3 is 2.60 bits per heavy atom. The molecule has 1 unspecified atom stereocenters. The van der Waals surface area contributed by atoms with Gasteiger partial charge in [0.1, 0.15) is 6.04 Å². The molecule has 2 aromatic carbocycles. The molecular weight excluding hydrogens is 470 g/mol. The summed E-state index contributed by atoms with van der Waals surface area (Å²) in [7, 11) is -3.79. The van der Waals surface area contributed by atoms with Crippen molar-refractivity contribution in [3.63, 3.8) is 0 Å². The van der Waals surface area contributed by atoms with Crippen LogP contribution in [0.15, 0.2) is 57.9 Å². The van der Waals surface area contributed by atoms with Gasteiger partial charge in [0.05, 0.1) is 4.90 Å². The Bertz CT molecular complexity index is 1020. The van der Waals surface area contributed by atoms with Crippen molar-refractivity contribution in [1.82, 2.24) is 10.2 Å². The molecule has 0 aliphatic carbocycles. The van der Waals surface area contributed by atoms with E-state index in [1.165, 1.54) is 18.2 Å². The molecule has 1 fully saturated rings. The van der Waals surface area contributed by atoms with Crippen LogP contribution in [0.4, 0.5) is 5.69 Å². The highest BCUT2D eigenvalue weighted by Gasteiger charge is 2.34. The number of carbonyl (C=O) groups is 2. The third-order valence-electron chi connectivity index (χ3n) is 4.85. The molecule has 1 atom stereocenters. The van der Waals surface area contributed by atoms with Gasteiger partial charge in [-0.1, -0.05) is 28.9 Å². The molecule has 2 amide bonds. The molecule has 3 rings (SSSR count). The lowest BCUT2D eigenvalue weighted by Crippen LogP contribution is -2.46. The molecule has 2 aromatic rings. The summed E-state index contributed by atoms with van der Waals surface area (Å²) < 4.78 is 28.5. The fourth-order valence-electron chi connectivity index (χ4n) is 3.36. The molecule has 30 heavy (non-hydrogen) atoms. The molecule has 1 aliphatic rings. The third kappa shape index (κ3) is 5.20. The molecular formula is C21H24BrN3O4S. The molecule has 0 spiro atoms. The molecule has 0 radical (unpaired) electrons. The predicted octanol–water partition coefficient (Wildman–Crippen LogP) is 3.38. The Morgan fingerprint density at radius 2 is 1.90 bits per heavy atom. The lowest BCUT2D eigenvalue weighted by molar-refractivity contribution is -0.124. The number of halogens is 1. The summed E-state index contributed by atoms with van der Waals surface area (Å²) in [5, 5.41) is 2.85. The summed E-state index contributed by atoms with van der Waals surface area (Å²) in [6.07, 6.45) is 2.20. The topological polar surface area (TPSA) is 95.6 Å². The van der Waals surface area contributed by atoms with Crippen LogP contribution in [0.25, 0.3) is 0 Å². The second-order valence-corrected chi connectivity index (χ2v) is 9.69. The fourth-order valence-corrected chi connectivity index (χ4v) is 4.67. The average molecular weight is 494 g/mol. The van der Waals surface area contributed by atoms with Crippen molar-refractivity contribution in [2.45, 2.75) is 37.1 Å². The van der Waals surface area contributed by atoms with Crippen molar-refractivity contribution in [2.75, 3.05) is 17.8 Å². The first-order chi connectivity index (χ1) is 14.3. The fraction of sp³-hybridized carbons (Fsp3) is 0.333. The van der Waals surface area contributed by atoms with Crippen LogP contribution < -0.4 is 10.0 Å². The van der Waals surface area contributed by atoms with E-state index >= 15 is 0 Å². The van der Waals surface area contributed by atoms with Gasteiger partial charge in [-0.2, -0.15) is 0 Å². The maximum Gasteiger partial charge on any atom is 0.261 e. The first-order valence-corrected chi connectivity index (χ1v) is 12.1. The first kappa shape index (κ1) is 22.3. The summed E-state index contributed by atoms with van der Waals surface area (Å²) in [5.74, 6) is -0.427. The maximum atomic E-state index is 13.0. The van der Waals surface area contributed by atoms with Gasteiger partial charge in [0, 0.05) is 28.8 Å². The normalized spacial score (nSPS) is 16.3. The minimum Gasteiger partial charge on any atom is -0.354 e. The molecule has 0 bridgehead atoms. The molecule has 1 heterocycles. The van der Waals surface area contributed by atoms with E-state index in [0.29, 0.717) is 25.1 Å². The van der Waals surface area contributed by atoms with Crippen molar-refractivity contribution in [3.05, 3.63) is 58.6 Å². The standard InChI is InChI=1S/C21H24BrN3O4S/c1-2-12-23-20(26)19-7-4-13-25(19)21(27)15-5-3-6-17(14-15)24-30(28,29)18-10-8-16(22)9-11-18/h3,5-6,8-11,14,19,24H,2,4,7,12-13H2,1H3,(H,23,26). The second-order valence-electron chi connectivity index (χ2n) is 7.09. The van der Waals surface area contributed by atoms with E-state index in [9.17, 15) is 18.0 Å². The summed E-state index contributed by atoms with van der Waals surface area (Å²) in [6, 6.07) is 12.1. The number of anilines is 1.